The summed E-state index contributed by atoms with van der Waals surface area (Å²) >= 11 is 1.57. The van der Waals surface area contributed by atoms with E-state index in [1.165, 1.54) is 0 Å². The summed E-state index contributed by atoms with van der Waals surface area (Å²) in [4.78, 5) is 16.1. The summed E-state index contributed by atoms with van der Waals surface area (Å²) < 4.78 is 12.6. The van der Waals surface area contributed by atoms with Crippen molar-refractivity contribution < 1.29 is 14.3 Å². The Labute approximate surface area is 191 Å². The molecular weight excluding hydrogens is 422 g/mol. The lowest BCUT2D eigenvalue weighted by Crippen LogP contribution is -2.26. The lowest BCUT2D eigenvalue weighted by molar-refractivity contribution is 0.0785. The van der Waals surface area contributed by atoms with Gasteiger partial charge in [-0.2, -0.15) is 5.10 Å². The Morgan fingerprint density at radius 1 is 1.06 bits per heavy atom. The van der Waals surface area contributed by atoms with Crippen molar-refractivity contribution in [3.05, 3.63) is 88.9 Å². The van der Waals surface area contributed by atoms with Crippen molar-refractivity contribution in [2.45, 2.75) is 13.1 Å². The lowest BCUT2D eigenvalue weighted by Gasteiger charge is -2.19. The maximum Gasteiger partial charge on any atom is 0.257 e. The van der Waals surface area contributed by atoms with Crippen LogP contribution in [0.1, 0.15) is 21.5 Å². The number of amides is 1. The predicted molar refractivity (Wildman–Crippen MR) is 126 cm³/mol. The summed E-state index contributed by atoms with van der Waals surface area (Å²) in [6.07, 6.45) is 1.84. The molecule has 0 atom stereocenters. The van der Waals surface area contributed by atoms with Gasteiger partial charge in [0.25, 0.3) is 5.91 Å². The van der Waals surface area contributed by atoms with Gasteiger partial charge in [-0.3, -0.25) is 9.48 Å². The van der Waals surface area contributed by atoms with Gasteiger partial charge in [-0.15, -0.1) is 11.3 Å². The molecule has 0 aliphatic heterocycles. The van der Waals surface area contributed by atoms with E-state index in [2.05, 4.69) is 12.1 Å². The zero-order valence-corrected chi connectivity index (χ0v) is 19.1. The van der Waals surface area contributed by atoms with Gasteiger partial charge in [0.15, 0.2) is 0 Å². The van der Waals surface area contributed by atoms with Crippen molar-refractivity contribution >= 4 is 17.2 Å². The standard InChI is InChI=1S/C25H25N3O3S/c1-27(16-19-11-12-20(30-2)14-22(19)31-3)25(29)21-17-28(15-18-8-5-4-6-9-18)26-24(21)23-10-7-13-32-23/h4-14,17H,15-16H2,1-3H3. The molecule has 0 saturated heterocycles. The van der Waals surface area contributed by atoms with Crippen LogP contribution in [-0.2, 0) is 13.1 Å². The van der Waals surface area contributed by atoms with Gasteiger partial charge in [-0.05, 0) is 29.1 Å². The number of rotatable bonds is 8. The first-order valence-corrected chi connectivity index (χ1v) is 11.1. The number of aromatic nitrogens is 2. The second-order valence-electron chi connectivity index (χ2n) is 7.39. The number of benzene rings is 2. The number of carbonyl (C=O) groups excluding carboxylic acids is 1. The molecule has 0 unspecified atom stereocenters. The van der Waals surface area contributed by atoms with Crippen LogP contribution in [0.25, 0.3) is 10.6 Å². The van der Waals surface area contributed by atoms with E-state index in [1.54, 1.807) is 37.5 Å². The maximum absolute atomic E-state index is 13.5. The van der Waals surface area contributed by atoms with Gasteiger partial charge in [0.1, 0.15) is 17.2 Å². The summed E-state index contributed by atoms with van der Waals surface area (Å²) in [5, 5.41) is 6.75. The summed E-state index contributed by atoms with van der Waals surface area (Å²) in [6, 6.07) is 19.7. The van der Waals surface area contributed by atoms with E-state index in [0.29, 0.717) is 35.8 Å². The molecule has 0 aliphatic carbocycles. The number of nitrogens with zero attached hydrogens (tertiary/aromatic N) is 3. The molecule has 2 aromatic heterocycles. The average Bonchev–Trinajstić information content (AvgIpc) is 3.49. The predicted octanol–water partition coefficient (Wildman–Crippen LogP) is 4.95. The Bertz CT molecular complexity index is 1190. The van der Waals surface area contributed by atoms with Gasteiger partial charge in [0, 0.05) is 31.4 Å². The summed E-state index contributed by atoms with van der Waals surface area (Å²) in [5.41, 5.74) is 3.31. The van der Waals surface area contributed by atoms with Crippen molar-refractivity contribution in [1.29, 1.82) is 0 Å². The number of hydrogen-bond acceptors (Lipinski definition) is 5. The number of hydrogen-bond donors (Lipinski definition) is 0. The van der Waals surface area contributed by atoms with Crippen LogP contribution in [0.15, 0.2) is 72.2 Å². The summed E-state index contributed by atoms with van der Waals surface area (Å²) in [6.45, 7) is 1.00. The third-order valence-corrected chi connectivity index (χ3v) is 6.06. The van der Waals surface area contributed by atoms with Crippen LogP contribution < -0.4 is 9.47 Å². The molecule has 6 nitrogen and oxygen atoms in total. The van der Waals surface area contributed by atoms with Gasteiger partial charge in [-0.1, -0.05) is 36.4 Å². The molecule has 2 aromatic carbocycles. The molecule has 0 bridgehead atoms. The summed E-state index contributed by atoms with van der Waals surface area (Å²) in [5.74, 6) is 1.30. The highest BCUT2D eigenvalue weighted by molar-refractivity contribution is 7.13. The van der Waals surface area contributed by atoms with Gasteiger partial charge in [0.2, 0.25) is 0 Å². The average molecular weight is 448 g/mol. The van der Waals surface area contributed by atoms with E-state index in [9.17, 15) is 4.79 Å². The van der Waals surface area contributed by atoms with Crippen LogP contribution in [0.2, 0.25) is 0 Å². The van der Waals surface area contributed by atoms with E-state index in [-0.39, 0.29) is 5.91 Å². The molecule has 1 amide bonds. The molecule has 4 aromatic rings. The van der Waals surface area contributed by atoms with Crippen LogP contribution >= 0.6 is 11.3 Å². The Balaban J connectivity index is 1.62. The van der Waals surface area contributed by atoms with Gasteiger partial charge < -0.3 is 14.4 Å². The van der Waals surface area contributed by atoms with Crippen molar-refractivity contribution in [2.75, 3.05) is 21.3 Å². The van der Waals surface area contributed by atoms with Crippen molar-refractivity contribution in [3.63, 3.8) is 0 Å². The third kappa shape index (κ3) is 4.68. The zero-order valence-electron chi connectivity index (χ0n) is 18.3. The molecule has 32 heavy (non-hydrogen) atoms. The molecule has 7 heteroatoms. The first kappa shape index (κ1) is 21.6. The molecule has 4 rings (SSSR count). The van der Waals surface area contributed by atoms with Gasteiger partial charge in [-0.25, -0.2) is 0 Å². The Morgan fingerprint density at radius 3 is 2.56 bits per heavy atom. The fraction of sp³-hybridized carbons (Fsp3) is 0.200. The Morgan fingerprint density at radius 2 is 1.88 bits per heavy atom. The fourth-order valence-corrected chi connectivity index (χ4v) is 4.26. The number of methoxy groups -OCH3 is 2. The monoisotopic (exact) mass is 447 g/mol. The number of thiophene rings is 1. The molecule has 0 saturated carbocycles. The highest BCUT2D eigenvalue weighted by Crippen LogP contribution is 2.29. The zero-order chi connectivity index (χ0) is 22.5. The SMILES string of the molecule is COc1ccc(CN(C)C(=O)c2cn(Cc3ccccc3)nc2-c2cccs2)c(OC)c1. The Kier molecular flexibility index (Phi) is 6.56. The first-order valence-electron chi connectivity index (χ1n) is 10.2. The second-order valence-corrected chi connectivity index (χ2v) is 8.34. The lowest BCUT2D eigenvalue weighted by atomic mass is 10.1. The molecule has 2 heterocycles. The van der Waals surface area contributed by atoms with Gasteiger partial charge in [0.05, 0.1) is 31.2 Å². The maximum atomic E-state index is 13.5. The minimum Gasteiger partial charge on any atom is -0.497 e. The van der Waals surface area contributed by atoms with Crippen molar-refractivity contribution in [3.8, 4) is 22.1 Å². The largest absolute Gasteiger partial charge is 0.497 e. The van der Waals surface area contributed by atoms with Crippen LogP contribution in [0.3, 0.4) is 0 Å². The van der Waals surface area contributed by atoms with E-state index in [0.717, 1.165) is 16.0 Å². The smallest absolute Gasteiger partial charge is 0.257 e. The number of carbonyl (C=O) groups is 1. The Hall–Kier alpha value is -3.58. The molecule has 0 radical (unpaired) electrons. The molecule has 0 N–H and O–H groups in total. The molecule has 164 valence electrons. The highest BCUT2D eigenvalue weighted by atomic mass is 32.1. The van der Waals surface area contributed by atoms with Crippen molar-refractivity contribution in [2.24, 2.45) is 0 Å². The van der Waals surface area contributed by atoms with Gasteiger partial charge >= 0.3 is 0 Å². The van der Waals surface area contributed by atoms with Crippen LogP contribution in [0.5, 0.6) is 11.5 Å². The van der Waals surface area contributed by atoms with Crippen LogP contribution in [0.4, 0.5) is 0 Å². The fourth-order valence-electron chi connectivity index (χ4n) is 3.54. The molecule has 0 spiro atoms. The highest BCUT2D eigenvalue weighted by Gasteiger charge is 2.22. The van der Waals surface area contributed by atoms with E-state index in [4.69, 9.17) is 14.6 Å². The minimum atomic E-state index is -0.0921. The van der Waals surface area contributed by atoms with Crippen LogP contribution in [-0.4, -0.2) is 41.9 Å². The topological polar surface area (TPSA) is 56.6 Å². The van der Waals surface area contributed by atoms with E-state index >= 15 is 0 Å². The van der Waals surface area contributed by atoms with E-state index < -0.39 is 0 Å². The quantitative estimate of drug-likeness (QED) is 0.384. The normalized spacial score (nSPS) is 10.7. The first-order chi connectivity index (χ1) is 15.6. The van der Waals surface area contributed by atoms with Crippen LogP contribution in [0, 0.1) is 0 Å². The third-order valence-electron chi connectivity index (χ3n) is 5.18. The second kappa shape index (κ2) is 9.70. The summed E-state index contributed by atoms with van der Waals surface area (Å²) in [7, 11) is 5.02. The van der Waals surface area contributed by atoms with Crippen molar-refractivity contribution in [1.82, 2.24) is 14.7 Å². The molecule has 0 aliphatic rings. The number of ether oxygens (including phenoxy) is 2. The molecular formula is C25H25N3O3S. The molecule has 0 fully saturated rings. The minimum absolute atomic E-state index is 0.0921. The van der Waals surface area contributed by atoms with E-state index in [1.807, 2.05) is 64.8 Å².